The van der Waals surface area contributed by atoms with Crippen molar-refractivity contribution in [1.82, 2.24) is 14.5 Å². The van der Waals surface area contributed by atoms with E-state index in [1.54, 1.807) is 12.5 Å². The number of halogens is 3. The number of hydrogen-bond donors (Lipinski definition) is 0. The van der Waals surface area contributed by atoms with Gasteiger partial charge < -0.3 is 4.57 Å². The third-order valence-corrected chi connectivity index (χ3v) is 4.14. The Bertz CT molecular complexity index is 628. The Balaban J connectivity index is 1.64. The van der Waals surface area contributed by atoms with Gasteiger partial charge >= 0.3 is 0 Å². The Morgan fingerprint density at radius 2 is 2.05 bits per heavy atom. The van der Waals surface area contributed by atoms with E-state index in [9.17, 15) is 13.2 Å². The fraction of sp³-hybridized carbons (Fsp3) is 0.438. The van der Waals surface area contributed by atoms with Gasteiger partial charge in [-0.3, -0.25) is 4.90 Å². The molecule has 1 unspecified atom stereocenters. The molecule has 0 N–H and O–H groups in total. The van der Waals surface area contributed by atoms with Crippen LogP contribution in [0.15, 0.2) is 30.9 Å². The highest BCUT2D eigenvalue weighted by Crippen LogP contribution is 2.22. The molecule has 2 aromatic rings. The van der Waals surface area contributed by atoms with E-state index in [0.29, 0.717) is 12.5 Å². The van der Waals surface area contributed by atoms with Crippen molar-refractivity contribution in [2.45, 2.75) is 25.9 Å². The summed E-state index contributed by atoms with van der Waals surface area (Å²) in [5.74, 6) is -3.14. The second-order valence-electron chi connectivity index (χ2n) is 5.84. The molecule has 118 valence electrons. The van der Waals surface area contributed by atoms with Gasteiger partial charge in [-0.25, -0.2) is 18.2 Å². The largest absolute Gasteiger partial charge is 0.337 e. The molecule has 22 heavy (non-hydrogen) atoms. The van der Waals surface area contributed by atoms with Gasteiger partial charge in [-0.15, -0.1) is 0 Å². The topological polar surface area (TPSA) is 21.1 Å². The second-order valence-corrected chi connectivity index (χ2v) is 5.84. The molecule has 1 aliphatic heterocycles. The molecule has 3 nitrogen and oxygen atoms in total. The van der Waals surface area contributed by atoms with Crippen LogP contribution in [0.25, 0.3) is 0 Å². The lowest BCUT2D eigenvalue weighted by molar-refractivity contribution is 0.154. The Kier molecular flexibility index (Phi) is 4.47. The lowest BCUT2D eigenvalue weighted by Crippen LogP contribution is -2.36. The number of aromatic nitrogens is 2. The maximum atomic E-state index is 13.8. The number of benzene rings is 1. The van der Waals surface area contributed by atoms with E-state index in [1.165, 1.54) is 6.07 Å². The molecule has 1 aromatic heterocycles. The molecule has 0 aliphatic carbocycles. The van der Waals surface area contributed by atoms with Gasteiger partial charge in [0.15, 0.2) is 17.5 Å². The SMILES string of the molecule is Fc1ccc(CN2CCCC(Cn3ccnc3)C2)c(F)c1F. The van der Waals surface area contributed by atoms with E-state index in [4.69, 9.17) is 0 Å². The Morgan fingerprint density at radius 3 is 2.82 bits per heavy atom. The standard InChI is InChI=1S/C16H18F3N3/c17-14-4-3-13(15(18)16(14)19)10-21-6-1-2-12(8-21)9-22-7-5-20-11-22/h3-5,7,11-12H,1-2,6,8-10H2. The third-order valence-electron chi connectivity index (χ3n) is 4.14. The Labute approximate surface area is 127 Å². The summed E-state index contributed by atoms with van der Waals surface area (Å²) in [7, 11) is 0. The van der Waals surface area contributed by atoms with Crippen LogP contribution in [0.5, 0.6) is 0 Å². The summed E-state index contributed by atoms with van der Waals surface area (Å²) in [5, 5.41) is 0. The van der Waals surface area contributed by atoms with Crippen molar-refractivity contribution in [3.8, 4) is 0 Å². The first-order valence-corrected chi connectivity index (χ1v) is 7.44. The van der Waals surface area contributed by atoms with Gasteiger partial charge in [0.1, 0.15) is 0 Å². The zero-order chi connectivity index (χ0) is 15.5. The number of piperidine rings is 1. The van der Waals surface area contributed by atoms with Gasteiger partial charge in [-0.1, -0.05) is 6.07 Å². The van der Waals surface area contributed by atoms with Crippen LogP contribution in [0.4, 0.5) is 13.2 Å². The summed E-state index contributed by atoms with van der Waals surface area (Å²) in [6.07, 6.45) is 7.58. The normalized spacial score (nSPS) is 19.5. The van der Waals surface area contributed by atoms with Crippen LogP contribution in [0.2, 0.25) is 0 Å². The Morgan fingerprint density at radius 1 is 1.18 bits per heavy atom. The summed E-state index contributed by atoms with van der Waals surface area (Å²) in [6.45, 7) is 2.84. The lowest BCUT2D eigenvalue weighted by atomic mass is 9.97. The summed E-state index contributed by atoms with van der Waals surface area (Å²) < 4.78 is 42.1. The average molecular weight is 309 g/mol. The van der Waals surface area contributed by atoms with Gasteiger partial charge in [-0.05, 0) is 31.4 Å². The van der Waals surface area contributed by atoms with Crippen LogP contribution < -0.4 is 0 Å². The number of likely N-dealkylation sites (tertiary alicyclic amines) is 1. The van der Waals surface area contributed by atoms with E-state index in [1.807, 2.05) is 10.8 Å². The molecule has 0 bridgehead atoms. The maximum absolute atomic E-state index is 13.8. The third kappa shape index (κ3) is 3.32. The molecule has 1 aromatic carbocycles. The van der Waals surface area contributed by atoms with E-state index in [2.05, 4.69) is 9.88 Å². The predicted octanol–water partition coefficient (Wildman–Crippen LogP) is 3.21. The van der Waals surface area contributed by atoms with E-state index >= 15 is 0 Å². The number of imidazole rings is 1. The van der Waals surface area contributed by atoms with Gasteiger partial charge in [0.05, 0.1) is 6.33 Å². The van der Waals surface area contributed by atoms with Crippen LogP contribution >= 0.6 is 0 Å². The molecule has 1 fully saturated rings. The maximum Gasteiger partial charge on any atom is 0.194 e. The Hall–Kier alpha value is -1.82. The second kappa shape index (κ2) is 6.52. The number of rotatable bonds is 4. The van der Waals surface area contributed by atoms with Crippen molar-refractivity contribution in [3.05, 3.63) is 53.9 Å². The average Bonchev–Trinajstić information content (AvgIpc) is 3.01. The molecule has 3 rings (SSSR count). The molecule has 0 spiro atoms. The van der Waals surface area contributed by atoms with Gasteiger partial charge in [0.25, 0.3) is 0 Å². The van der Waals surface area contributed by atoms with Crippen molar-refractivity contribution in [3.63, 3.8) is 0 Å². The van der Waals surface area contributed by atoms with E-state index in [0.717, 1.165) is 38.5 Å². The summed E-state index contributed by atoms with van der Waals surface area (Å²) in [4.78, 5) is 6.12. The van der Waals surface area contributed by atoms with Crippen molar-refractivity contribution in [2.24, 2.45) is 5.92 Å². The van der Waals surface area contributed by atoms with Crippen LogP contribution in [-0.2, 0) is 13.1 Å². The van der Waals surface area contributed by atoms with Gasteiger partial charge in [-0.2, -0.15) is 0 Å². The van der Waals surface area contributed by atoms with Gasteiger partial charge in [0.2, 0.25) is 0 Å². The minimum atomic E-state index is -1.38. The van der Waals surface area contributed by atoms with Crippen molar-refractivity contribution >= 4 is 0 Å². The predicted molar refractivity (Wildman–Crippen MR) is 76.5 cm³/mol. The van der Waals surface area contributed by atoms with Crippen LogP contribution in [0, 0.1) is 23.4 Å². The monoisotopic (exact) mass is 309 g/mol. The summed E-state index contributed by atoms with van der Waals surface area (Å²) in [6, 6.07) is 2.31. The molecular weight excluding hydrogens is 291 g/mol. The van der Waals surface area contributed by atoms with Crippen molar-refractivity contribution < 1.29 is 13.2 Å². The molecule has 1 atom stereocenters. The molecule has 0 amide bonds. The zero-order valence-electron chi connectivity index (χ0n) is 12.2. The minimum absolute atomic E-state index is 0.210. The first-order chi connectivity index (χ1) is 10.6. The minimum Gasteiger partial charge on any atom is -0.337 e. The highest BCUT2D eigenvalue weighted by Gasteiger charge is 2.22. The fourth-order valence-corrected chi connectivity index (χ4v) is 3.07. The smallest absolute Gasteiger partial charge is 0.194 e. The molecule has 0 radical (unpaired) electrons. The van der Waals surface area contributed by atoms with Crippen molar-refractivity contribution in [1.29, 1.82) is 0 Å². The quantitative estimate of drug-likeness (QED) is 0.809. The van der Waals surface area contributed by atoms with Gasteiger partial charge in [0, 0.05) is 37.6 Å². The molecule has 0 saturated carbocycles. The van der Waals surface area contributed by atoms with Crippen LogP contribution in [0.3, 0.4) is 0 Å². The molecule has 1 aliphatic rings. The number of hydrogen-bond acceptors (Lipinski definition) is 2. The zero-order valence-corrected chi connectivity index (χ0v) is 12.2. The highest BCUT2D eigenvalue weighted by molar-refractivity contribution is 5.20. The van der Waals surface area contributed by atoms with E-state index < -0.39 is 17.5 Å². The van der Waals surface area contributed by atoms with Crippen LogP contribution in [-0.4, -0.2) is 27.5 Å². The summed E-state index contributed by atoms with van der Waals surface area (Å²) in [5.41, 5.74) is 0.210. The fourth-order valence-electron chi connectivity index (χ4n) is 3.07. The molecular formula is C16H18F3N3. The first-order valence-electron chi connectivity index (χ1n) is 7.44. The molecule has 6 heteroatoms. The first kappa shape index (κ1) is 15.1. The van der Waals surface area contributed by atoms with Crippen molar-refractivity contribution in [2.75, 3.05) is 13.1 Å². The molecule has 2 heterocycles. The molecule has 1 saturated heterocycles. The number of nitrogens with zero attached hydrogens (tertiary/aromatic N) is 3. The summed E-state index contributed by atoms with van der Waals surface area (Å²) >= 11 is 0. The lowest BCUT2D eigenvalue weighted by Gasteiger charge is -2.33. The van der Waals surface area contributed by atoms with Crippen LogP contribution in [0.1, 0.15) is 18.4 Å². The van der Waals surface area contributed by atoms with E-state index in [-0.39, 0.29) is 5.56 Å². The highest BCUT2D eigenvalue weighted by atomic mass is 19.2.